The molecule has 4 heteroatoms. The number of aryl methyl sites for hydroxylation is 1. The maximum atomic E-state index is 5.53. The molecule has 2 aromatic carbocycles. The minimum atomic E-state index is 0.350. The molecule has 0 radical (unpaired) electrons. The van der Waals surface area contributed by atoms with Crippen LogP contribution < -0.4 is 4.90 Å². The summed E-state index contributed by atoms with van der Waals surface area (Å²) >= 11 is 1.98. The quantitative estimate of drug-likeness (QED) is 0.647. The van der Waals surface area contributed by atoms with Gasteiger partial charge in [-0.1, -0.05) is 47.7 Å². The van der Waals surface area contributed by atoms with Crippen LogP contribution in [-0.2, 0) is 4.74 Å². The lowest BCUT2D eigenvalue weighted by Crippen LogP contribution is -2.35. The number of anilines is 1. The summed E-state index contributed by atoms with van der Waals surface area (Å²) in [6.07, 6.45) is 7.39. The Hall–Kier alpha value is -1.91. The molecule has 0 saturated carbocycles. The molecule has 1 atom stereocenters. The highest BCUT2D eigenvalue weighted by Crippen LogP contribution is 2.50. The second-order valence-corrected chi connectivity index (χ2v) is 9.19. The van der Waals surface area contributed by atoms with Crippen LogP contribution in [0, 0.1) is 12.8 Å². The molecular formula is C24H28N2OS. The highest BCUT2D eigenvalue weighted by molar-refractivity contribution is 8.00. The van der Waals surface area contributed by atoms with E-state index in [2.05, 4.69) is 71.5 Å². The van der Waals surface area contributed by atoms with E-state index >= 15 is 0 Å². The molecule has 0 amide bonds. The molecule has 3 aliphatic rings. The predicted molar refractivity (Wildman–Crippen MR) is 117 cm³/mol. The minimum absolute atomic E-state index is 0.350. The Morgan fingerprint density at radius 3 is 2.79 bits per heavy atom. The van der Waals surface area contributed by atoms with Crippen molar-refractivity contribution >= 4 is 23.1 Å². The average molecular weight is 393 g/mol. The normalized spacial score (nSPS) is 21.6. The topological polar surface area (TPSA) is 15.7 Å². The van der Waals surface area contributed by atoms with Gasteiger partial charge in [-0.25, -0.2) is 0 Å². The first-order valence-corrected chi connectivity index (χ1v) is 11.3. The van der Waals surface area contributed by atoms with Gasteiger partial charge in [0.2, 0.25) is 0 Å². The number of benzene rings is 2. The number of hydrogen-bond donors (Lipinski definition) is 0. The van der Waals surface area contributed by atoms with Gasteiger partial charge in [-0.05, 0) is 62.3 Å². The third-order valence-corrected chi connectivity index (χ3v) is 7.41. The van der Waals surface area contributed by atoms with Crippen LogP contribution in [0.2, 0.25) is 0 Å². The maximum Gasteiger partial charge on any atom is 0.159 e. The first-order chi connectivity index (χ1) is 13.8. The van der Waals surface area contributed by atoms with Gasteiger partial charge in [0, 0.05) is 30.9 Å². The van der Waals surface area contributed by atoms with E-state index in [9.17, 15) is 0 Å². The predicted octanol–water partition coefficient (Wildman–Crippen LogP) is 5.71. The first-order valence-electron chi connectivity index (χ1n) is 10.5. The third kappa shape index (κ3) is 3.44. The van der Waals surface area contributed by atoms with Crippen LogP contribution in [-0.4, -0.2) is 30.2 Å². The van der Waals surface area contributed by atoms with Crippen molar-refractivity contribution in [1.29, 1.82) is 0 Å². The van der Waals surface area contributed by atoms with Crippen LogP contribution in [0.5, 0.6) is 0 Å². The molecule has 1 unspecified atom stereocenters. The van der Waals surface area contributed by atoms with Crippen molar-refractivity contribution < 1.29 is 4.74 Å². The van der Waals surface area contributed by atoms with Gasteiger partial charge in [0.25, 0.3) is 0 Å². The molecule has 0 spiro atoms. The number of ether oxygens (including phenoxy) is 1. The fourth-order valence-corrected chi connectivity index (χ4v) is 5.91. The molecule has 146 valence electrons. The zero-order valence-corrected chi connectivity index (χ0v) is 17.3. The first kappa shape index (κ1) is 18.1. The van der Waals surface area contributed by atoms with Crippen LogP contribution in [0.25, 0.3) is 5.70 Å². The lowest BCUT2D eigenvalue weighted by atomic mass is 9.95. The van der Waals surface area contributed by atoms with Crippen molar-refractivity contribution in [3.8, 4) is 0 Å². The highest BCUT2D eigenvalue weighted by Gasteiger charge is 2.39. The largest absolute Gasteiger partial charge is 0.381 e. The molecule has 3 nitrogen and oxygen atoms in total. The lowest BCUT2D eigenvalue weighted by molar-refractivity contribution is 0.0628. The summed E-state index contributed by atoms with van der Waals surface area (Å²) in [5.74, 6) is 0.840. The SMILES string of the molecule is Cc1cccc(C2=CN3c4ccccc4SC3N2CCCC2CCOCC2)c1. The van der Waals surface area contributed by atoms with E-state index in [1.54, 1.807) is 0 Å². The summed E-state index contributed by atoms with van der Waals surface area (Å²) in [7, 11) is 0. The third-order valence-electron chi connectivity index (χ3n) is 6.12. The van der Waals surface area contributed by atoms with Crippen molar-refractivity contribution in [1.82, 2.24) is 4.90 Å². The van der Waals surface area contributed by atoms with Crippen molar-refractivity contribution in [2.75, 3.05) is 24.7 Å². The Labute approximate surface area is 172 Å². The van der Waals surface area contributed by atoms with E-state index in [0.717, 1.165) is 25.7 Å². The zero-order chi connectivity index (χ0) is 18.9. The Kier molecular flexibility index (Phi) is 5.08. The maximum absolute atomic E-state index is 5.53. The minimum Gasteiger partial charge on any atom is -0.381 e. The molecular weight excluding hydrogens is 364 g/mol. The van der Waals surface area contributed by atoms with Gasteiger partial charge in [0.15, 0.2) is 5.50 Å². The number of para-hydroxylation sites is 1. The molecule has 0 aliphatic carbocycles. The molecule has 3 aliphatic heterocycles. The number of thioether (sulfide) groups is 1. The highest BCUT2D eigenvalue weighted by atomic mass is 32.2. The number of rotatable bonds is 5. The van der Waals surface area contributed by atoms with E-state index in [-0.39, 0.29) is 0 Å². The Bertz CT molecular complexity index is 874. The van der Waals surface area contributed by atoms with Crippen LogP contribution >= 0.6 is 11.8 Å². The standard InChI is InChI=1S/C24H28N2OS/c1-18-6-4-8-20(16-18)22-17-26-21-9-2-3-10-23(21)28-24(26)25(22)13-5-7-19-11-14-27-15-12-19/h2-4,6,8-10,16-17,19,24H,5,7,11-15H2,1H3. The van der Waals surface area contributed by atoms with Gasteiger partial charge in [-0.2, -0.15) is 0 Å². The monoisotopic (exact) mass is 392 g/mol. The molecule has 5 rings (SSSR count). The molecule has 0 N–H and O–H groups in total. The summed E-state index contributed by atoms with van der Waals surface area (Å²) in [6, 6.07) is 17.7. The number of nitrogens with zero attached hydrogens (tertiary/aromatic N) is 2. The molecule has 3 heterocycles. The van der Waals surface area contributed by atoms with Crippen LogP contribution in [0.4, 0.5) is 5.69 Å². The van der Waals surface area contributed by atoms with E-state index in [1.807, 2.05) is 11.8 Å². The van der Waals surface area contributed by atoms with E-state index in [0.29, 0.717) is 5.50 Å². The fourth-order valence-electron chi connectivity index (χ4n) is 4.59. The van der Waals surface area contributed by atoms with Gasteiger partial charge in [0.1, 0.15) is 0 Å². The van der Waals surface area contributed by atoms with Crippen molar-refractivity contribution in [3.63, 3.8) is 0 Å². The second-order valence-electron chi connectivity index (χ2n) is 8.09. The average Bonchev–Trinajstić information content (AvgIpc) is 3.26. The summed E-state index contributed by atoms with van der Waals surface area (Å²) in [6.45, 7) is 5.19. The number of fused-ring (bicyclic) bond motifs is 3. The molecule has 2 aromatic rings. The summed E-state index contributed by atoms with van der Waals surface area (Å²) in [5.41, 5.74) is 5.71. The van der Waals surface area contributed by atoms with Gasteiger partial charge in [-0.15, -0.1) is 0 Å². The van der Waals surface area contributed by atoms with Gasteiger partial charge < -0.3 is 14.5 Å². The molecule has 1 saturated heterocycles. The van der Waals surface area contributed by atoms with E-state index in [1.165, 1.54) is 53.1 Å². The fraction of sp³-hybridized carbons (Fsp3) is 0.417. The number of hydrogen-bond acceptors (Lipinski definition) is 4. The lowest BCUT2D eigenvalue weighted by Gasteiger charge is -2.30. The van der Waals surface area contributed by atoms with Crippen LogP contribution in [0.15, 0.2) is 59.6 Å². The van der Waals surface area contributed by atoms with E-state index < -0.39 is 0 Å². The van der Waals surface area contributed by atoms with Gasteiger partial charge in [0.05, 0.1) is 11.4 Å². The molecule has 0 aromatic heterocycles. The Balaban J connectivity index is 1.38. The van der Waals surface area contributed by atoms with Crippen molar-refractivity contribution in [3.05, 3.63) is 65.9 Å². The molecule has 1 fully saturated rings. The summed E-state index contributed by atoms with van der Waals surface area (Å²) in [5, 5.41) is 0. The van der Waals surface area contributed by atoms with Gasteiger partial charge in [-0.3, -0.25) is 0 Å². The van der Waals surface area contributed by atoms with Crippen molar-refractivity contribution in [2.45, 2.75) is 43.0 Å². The molecule has 28 heavy (non-hydrogen) atoms. The van der Waals surface area contributed by atoms with Crippen molar-refractivity contribution in [2.24, 2.45) is 5.92 Å². The smallest absolute Gasteiger partial charge is 0.159 e. The van der Waals surface area contributed by atoms with E-state index in [4.69, 9.17) is 4.74 Å². The summed E-state index contributed by atoms with van der Waals surface area (Å²) in [4.78, 5) is 6.48. The zero-order valence-electron chi connectivity index (χ0n) is 16.5. The molecule has 0 bridgehead atoms. The summed E-state index contributed by atoms with van der Waals surface area (Å²) < 4.78 is 5.53. The Morgan fingerprint density at radius 2 is 1.93 bits per heavy atom. The Morgan fingerprint density at radius 1 is 1.07 bits per heavy atom. The van der Waals surface area contributed by atoms with Crippen LogP contribution in [0.1, 0.15) is 36.8 Å². The van der Waals surface area contributed by atoms with Gasteiger partial charge >= 0.3 is 0 Å². The van der Waals surface area contributed by atoms with Crippen LogP contribution in [0.3, 0.4) is 0 Å². The second kappa shape index (κ2) is 7.84.